The van der Waals surface area contributed by atoms with Crippen LogP contribution in [0.5, 0.6) is 0 Å². The van der Waals surface area contributed by atoms with Gasteiger partial charge in [-0.15, -0.1) is 0 Å². The highest BCUT2D eigenvalue weighted by atomic mass is 19.1. The molecule has 0 saturated carbocycles. The Morgan fingerprint density at radius 1 is 1.12 bits per heavy atom. The predicted molar refractivity (Wildman–Crippen MR) is 95.1 cm³/mol. The Balaban J connectivity index is 1.87. The molecule has 3 heterocycles. The first kappa shape index (κ1) is 14.5. The van der Waals surface area contributed by atoms with Gasteiger partial charge in [-0.1, -0.05) is 18.2 Å². The molecule has 3 aromatic rings. The van der Waals surface area contributed by atoms with E-state index in [9.17, 15) is 9.18 Å². The monoisotopic (exact) mass is 335 g/mol. The van der Waals surface area contributed by atoms with Gasteiger partial charge in [0.25, 0.3) is 0 Å². The molecule has 2 aliphatic heterocycles. The lowest BCUT2D eigenvalue weighted by atomic mass is 9.73. The summed E-state index contributed by atoms with van der Waals surface area (Å²) in [4.78, 5) is 19.9. The Hall–Kier alpha value is -2.82. The Labute approximate surface area is 144 Å². The van der Waals surface area contributed by atoms with Crippen molar-refractivity contribution in [1.82, 2.24) is 9.88 Å². The Kier molecular flexibility index (Phi) is 2.69. The molecule has 0 aliphatic carbocycles. The zero-order valence-corrected chi connectivity index (χ0v) is 14.1. The summed E-state index contributed by atoms with van der Waals surface area (Å²) in [6, 6.07) is 13.0. The number of amides is 1. The molecule has 1 saturated heterocycles. The number of hydrogen-bond acceptors (Lipinski definition) is 2. The van der Waals surface area contributed by atoms with Crippen LogP contribution in [-0.4, -0.2) is 36.1 Å². The SMILES string of the molecule is CN1C(=O)C[C@@]2(c3c[nH]c4ccc(F)cc34)c3ccccc3N(C)[C@@H]12. The van der Waals surface area contributed by atoms with E-state index in [2.05, 4.69) is 22.0 Å². The van der Waals surface area contributed by atoms with E-state index >= 15 is 0 Å². The molecule has 5 heteroatoms. The summed E-state index contributed by atoms with van der Waals surface area (Å²) in [5, 5.41) is 0.846. The van der Waals surface area contributed by atoms with Gasteiger partial charge in [0, 0.05) is 43.3 Å². The number of nitrogens with one attached hydrogen (secondary N) is 1. The number of likely N-dealkylation sites (tertiary alicyclic amines) is 1. The van der Waals surface area contributed by atoms with Crippen LogP contribution >= 0.6 is 0 Å². The number of carbonyl (C=O) groups is 1. The highest BCUT2D eigenvalue weighted by Gasteiger charge is 2.60. The van der Waals surface area contributed by atoms with Gasteiger partial charge < -0.3 is 14.8 Å². The highest BCUT2D eigenvalue weighted by molar-refractivity contribution is 5.93. The molecule has 0 radical (unpaired) electrons. The van der Waals surface area contributed by atoms with Crippen molar-refractivity contribution in [2.24, 2.45) is 0 Å². The molecule has 2 aliphatic rings. The van der Waals surface area contributed by atoms with Gasteiger partial charge in [-0.3, -0.25) is 4.79 Å². The van der Waals surface area contributed by atoms with Gasteiger partial charge in [-0.2, -0.15) is 0 Å². The average Bonchev–Trinajstić information content (AvgIpc) is 3.21. The molecule has 1 amide bonds. The van der Waals surface area contributed by atoms with Crippen LogP contribution < -0.4 is 4.90 Å². The molecule has 25 heavy (non-hydrogen) atoms. The van der Waals surface area contributed by atoms with E-state index in [0.29, 0.717) is 6.42 Å². The summed E-state index contributed by atoms with van der Waals surface area (Å²) in [5.74, 6) is -0.157. The molecule has 2 atom stereocenters. The zero-order chi connectivity index (χ0) is 17.3. The topological polar surface area (TPSA) is 39.3 Å². The summed E-state index contributed by atoms with van der Waals surface area (Å²) in [5.41, 5.74) is 3.63. The fraction of sp³-hybridized carbons (Fsp3) is 0.250. The third-order valence-electron chi connectivity index (χ3n) is 5.89. The Morgan fingerprint density at radius 2 is 1.92 bits per heavy atom. The molecule has 0 bridgehead atoms. The number of rotatable bonds is 1. The molecule has 2 aromatic carbocycles. The molecule has 1 fully saturated rings. The summed E-state index contributed by atoms with van der Waals surface area (Å²) < 4.78 is 13.9. The Morgan fingerprint density at radius 3 is 2.76 bits per heavy atom. The van der Waals surface area contributed by atoms with Crippen molar-refractivity contribution < 1.29 is 9.18 Å². The van der Waals surface area contributed by atoms with Crippen LogP contribution in [0.25, 0.3) is 10.9 Å². The minimum absolute atomic E-state index is 0.108. The fourth-order valence-electron chi connectivity index (χ4n) is 4.88. The molecule has 1 aromatic heterocycles. The van der Waals surface area contributed by atoms with Crippen molar-refractivity contribution in [3.8, 4) is 0 Å². The summed E-state index contributed by atoms with van der Waals surface area (Å²) >= 11 is 0. The molecule has 4 nitrogen and oxygen atoms in total. The standard InChI is InChI=1S/C20H18FN3O/c1-23-17-6-4-3-5-14(17)20(10-18(25)24(2)19(20)23)15-11-22-16-8-7-12(21)9-13(15)16/h3-9,11,19,22H,10H2,1-2H3/t19-,20-/m0/s1. The smallest absolute Gasteiger partial charge is 0.225 e. The van der Waals surface area contributed by atoms with Gasteiger partial charge in [-0.25, -0.2) is 4.39 Å². The lowest BCUT2D eigenvalue weighted by Gasteiger charge is -2.34. The second-order valence-electron chi connectivity index (χ2n) is 7.05. The minimum atomic E-state index is -0.497. The first-order valence-electron chi connectivity index (χ1n) is 8.39. The number of likely N-dealkylation sites (N-methyl/N-ethyl adjacent to an activating group) is 2. The number of halogens is 1. The molecular weight excluding hydrogens is 317 g/mol. The molecule has 0 unspecified atom stereocenters. The fourth-order valence-corrected chi connectivity index (χ4v) is 4.88. The number of hydrogen-bond donors (Lipinski definition) is 1. The van der Waals surface area contributed by atoms with Crippen LogP contribution in [-0.2, 0) is 10.2 Å². The number of nitrogens with zero attached hydrogens (tertiary/aromatic N) is 2. The summed E-state index contributed by atoms with van der Waals surface area (Å²) in [6.07, 6.45) is 2.22. The first-order valence-corrected chi connectivity index (χ1v) is 8.39. The largest absolute Gasteiger partial charge is 0.361 e. The van der Waals surface area contributed by atoms with Crippen LogP contribution in [0.2, 0.25) is 0 Å². The van der Waals surface area contributed by atoms with Gasteiger partial charge in [0.2, 0.25) is 5.91 Å². The molecule has 1 N–H and O–H groups in total. The van der Waals surface area contributed by atoms with Gasteiger partial charge >= 0.3 is 0 Å². The number of fused-ring (bicyclic) bond motifs is 4. The van der Waals surface area contributed by atoms with Crippen molar-refractivity contribution in [1.29, 1.82) is 0 Å². The average molecular weight is 335 g/mol. The van der Waals surface area contributed by atoms with E-state index in [0.717, 1.165) is 27.7 Å². The van der Waals surface area contributed by atoms with Crippen molar-refractivity contribution in [2.45, 2.75) is 18.0 Å². The van der Waals surface area contributed by atoms with Gasteiger partial charge in [-0.05, 0) is 35.4 Å². The van der Waals surface area contributed by atoms with E-state index < -0.39 is 5.41 Å². The summed E-state index contributed by atoms with van der Waals surface area (Å²) in [7, 11) is 3.88. The maximum Gasteiger partial charge on any atom is 0.225 e. The number of benzene rings is 2. The third kappa shape index (κ3) is 1.63. The van der Waals surface area contributed by atoms with E-state index in [1.165, 1.54) is 6.07 Å². The number of para-hydroxylation sites is 1. The summed E-state index contributed by atoms with van der Waals surface area (Å²) in [6.45, 7) is 0. The van der Waals surface area contributed by atoms with E-state index in [-0.39, 0.29) is 17.9 Å². The zero-order valence-electron chi connectivity index (χ0n) is 14.1. The maximum atomic E-state index is 13.9. The van der Waals surface area contributed by atoms with Crippen LogP contribution in [0.1, 0.15) is 17.5 Å². The lowest BCUT2D eigenvalue weighted by molar-refractivity contribution is -0.127. The maximum absolute atomic E-state index is 13.9. The van der Waals surface area contributed by atoms with E-state index in [4.69, 9.17) is 0 Å². The van der Waals surface area contributed by atoms with Crippen LogP contribution in [0.3, 0.4) is 0 Å². The number of aromatic nitrogens is 1. The first-order chi connectivity index (χ1) is 12.0. The van der Waals surface area contributed by atoms with Crippen molar-refractivity contribution in [3.63, 3.8) is 0 Å². The number of aromatic amines is 1. The van der Waals surface area contributed by atoms with Crippen LogP contribution in [0, 0.1) is 5.82 Å². The van der Waals surface area contributed by atoms with Crippen LogP contribution in [0.4, 0.5) is 10.1 Å². The quantitative estimate of drug-likeness (QED) is 0.742. The van der Waals surface area contributed by atoms with Crippen molar-refractivity contribution in [3.05, 3.63) is 65.6 Å². The lowest BCUT2D eigenvalue weighted by Crippen LogP contribution is -2.47. The predicted octanol–water partition coefficient (Wildman–Crippen LogP) is 3.23. The normalized spacial score (nSPS) is 24.9. The second-order valence-corrected chi connectivity index (χ2v) is 7.05. The van der Waals surface area contributed by atoms with Gasteiger partial charge in [0.1, 0.15) is 12.0 Å². The molecule has 126 valence electrons. The molecular formula is C20H18FN3O. The number of anilines is 1. The van der Waals surface area contributed by atoms with Crippen LogP contribution in [0.15, 0.2) is 48.7 Å². The molecule has 5 rings (SSSR count). The van der Waals surface area contributed by atoms with E-state index in [1.807, 2.05) is 37.3 Å². The van der Waals surface area contributed by atoms with E-state index in [1.54, 1.807) is 12.1 Å². The number of H-pyrrole nitrogens is 1. The van der Waals surface area contributed by atoms with Crippen molar-refractivity contribution >= 4 is 22.5 Å². The highest BCUT2D eigenvalue weighted by Crippen LogP contribution is 2.56. The second kappa shape index (κ2) is 4.63. The minimum Gasteiger partial charge on any atom is -0.361 e. The van der Waals surface area contributed by atoms with Gasteiger partial charge in [0.05, 0.1) is 5.41 Å². The third-order valence-corrected chi connectivity index (χ3v) is 5.89. The van der Waals surface area contributed by atoms with Crippen molar-refractivity contribution in [2.75, 3.05) is 19.0 Å². The van der Waals surface area contributed by atoms with Gasteiger partial charge in [0.15, 0.2) is 0 Å². The molecule has 0 spiro atoms. The number of carbonyl (C=O) groups excluding carboxylic acids is 1. The Bertz CT molecular complexity index is 1030.